The van der Waals surface area contributed by atoms with Gasteiger partial charge < -0.3 is 5.73 Å². The van der Waals surface area contributed by atoms with Gasteiger partial charge >= 0.3 is 0 Å². The molecule has 1 aliphatic rings. The number of nitrogens with two attached hydrogens (primary N) is 1. The Bertz CT molecular complexity index is 362. The van der Waals surface area contributed by atoms with Gasteiger partial charge in [0.25, 0.3) is 0 Å². The first-order valence-electron chi connectivity index (χ1n) is 7.69. The predicted molar refractivity (Wildman–Crippen MR) is 81.8 cm³/mol. The van der Waals surface area contributed by atoms with E-state index in [1.807, 2.05) is 0 Å². The maximum absolute atomic E-state index is 12.0. The van der Waals surface area contributed by atoms with Crippen molar-refractivity contribution < 1.29 is 8.42 Å². The summed E-state index contributed by atoms with van der Waals surface area (Å²) in [6, 6.07) is 0. The Labute approximate surface area is 119 Å². The van der Waals surface area contributed by atoms with Crippen molar-refractivity contribution in [1.82, 2.24) is 0 Å². The number of hydrogen-bond donors (Lipinski definition) is 1. The molecule has 0 spiro atoms. The van der Waals surface area contributed by atoms with Crippen LogP contribution >= 0.6 is 0 Å². The van der Waals surface area contributed by atoms with Crippen molar-refractivity contribution in [3.63, 3.8) is 0 Å². The minimum Gasteiger partial charge on any atom is -0.330 e. The van der Waals surface area contributed by atoms with E-state index in [9.17, 15) is 8.42 Å². The lowest BCUT2D eigenvalue weighted by Gasteiger charge is -2.37. The third-order valence-corrected chi connectivity index (χ3v) is 7.16. The third kappa shape index (κ3) is 4.75. The summed E-state index contributed by atoms with van der Waals surface area (Å²) in [4.78, 5) is 0. The molecule has 0 saturated heterocycles. The summed E-state index contributed by atoms with van der Waals surface area (Å²) in [5.74, 6) is 2.80. The molecule has 0 amide bonds. The molecule has 3 unspecified atom stereocenters. The molecule has 0 radical (unpaired) electrons. The first-order chi connectivity index (χ1) is 8.77. The summed E-state index contributed by atoms with van der Waals surface area (Å²) in [5, 5.41) is -0.256. The van der Waals surface area contributed by atoms with E-state index in [0.717, 1.165) is 18.8 Å². The van der Waals surface area contributed by atoms with Gasteiger partial charge in [-0.05, 0) is 69.7 Å². The molecule has 19 heavy (non-hydrogen) atoms. The summed E-state index contributed by atoms with van der Waals surface area (Å²) in [5.41, 5.74) is 5.86. The smallest absolute Gasteiger partial charge is 0.152 e. The van der Waals surface area contributed by atoms with E-state index in [0.29, 0.717) is 30.1 Å². The minimum absolute atomic E-state index is 0.256. The van der Waals surface area contributed by atoms with E-state index in [-0.39, 0.29) is 5.25 Å². The lowest BCUT2D eigenvalue weighted by molar-refractivity contribution is 0.148. The Morgan fingerprint density at radius 1 is 1.11 bits per heavy atom. The molecule has 0 aromatic carbocycles. The van der Waals surface area contributed by atoms with E-state index in [1.165, 1.54) is 12.8 Å². The Morgan fingerprint density at radius 3 is 2.21 bits per heavy atom. The number of sulfone groups is 1. The van der Waals surface area contributed by atoms with Crippen molar-refractivity contribution in [2.45, 2.75) is 58.6 Å². The van der Waals surface area contributed by atoms with E-state index >= 15 is 0 Å². The Balaban J connectivity index is 2.62. The molecular weight excluding hydrogens is 258 g/mol. The van der Waals surface area contributed by atoms with Crippen LogP contribution in [0.4, 0.5) is 0 Å². The van der Waals surface area contributed by atoms with Crippen LogP contribution in [0.2, 0.25) is 0 Å². The molecule has 1 rings (SSSR count). The summed E-state index contributed by atoms with van der Waals surface area (Å²) < 4.78 is 23.9. The lowest BCUT2D eigenvalue weighted by Crippen LogP contribution is -2.33. The highest BCUT2D eigenvalue weighted by Gasteiger charge is 2.32. The maximum atomic E-state index is 12.0. The van der Waals surface area contributed by atoms with E-state index in [4.69, 9.17) is 5.73 Å². The molecule has 3 atom stereocenters. The molecule has 1 aliphatic carbocycles. The van der Waals surface area contributed by atoms with E-state index in [1.54, 1.807) is 13.8 Å². The van der Waals surface area contributed by atoms with Gasteiger partial charge in [0.15, 0.2) is 9.84 Å². The molecule has 0 heterocycles. The van der Waals surface area contributed by atoms with Gasteiger partial charge in [-0.25, -0.2) is 8.42 Å². The van der Waals surface area contributed by atoms with Gasteiger partial charge in [-0.1, -0.05) is 13.8 Å². The van der Waals surface area contributed by atoms with Crippen molar-refractivity contribution in [1.29, 1.82) is 0 Å². The van der Waals surface area contributed by atoms with E-state index in [2.05, 4.69) is 13.8 Å². The zero-order chi connectivity index (χ0) is 14.6. The van der Waals surface area contributed by atoms with Gasteiger partial charge in [-0.2, -0.15) is 0 Å². The lowest BCUT2D eigenvalue weighted by atomic mass is 9.70. The second-order valence-electron chi connectivity index (χ2n) is 6.78. The largest absolute Gasteiger partial charge is 0.330 e. The van der Waals surface area contributed by atoms with Crippen LogP contribution in [-0.4, -0.2) is 26.0 Å². The van der Waals surface area contributed by atoms with Gasteiger partial charge in [0.2, 0.25) is 0 Å². The van der Waals surface area contributed by atoms with Crippen molar-refractivity contribution in [3.05, 3.63) is 0 Å². The van der Waals surface area contributed by atoms with Crippen LogP contribution in [0.3, 0.4) is 0 Å². The average molecular weight is 289 g/mol. The highest BCUT2D eigenvalue weighted by atomic mass is 32.2. The van der Waals surface area contributed by atoms with Crippen LogP contribution in [-0.2, 0) is 9.84 Å². The normalized spacial score (nSPS) is 29.1. The Morgan fingerprint density at radius 2 is 1.74 bits per heavy atom. The fourth-order valence-electron chi connectivity index (χ4n) is 3.18. The molecule has 114 valence electrons. The first kappa shape index (κ1) is 17.0. The third-order valence-electron chi connectivity index (χ3n) is 4.92. The molecule has 4 heteroatoms. The molecular formula is C15H31NO2S. The quantitative estimate of drug-likeness (QED) is 0.818. The molecule has 0 aliphatic heterocycles. The summed E-state index contributed by atoms with van der Waals surface area (Å²) >= 11 is 0. The monoisotopic (exact) mass is 289 g/mol. The fourth-order valence-corrected chi connectivity index (χ4v) is 4.29. The summed E-state index contributed by atoms with van der Waals surface area (Å²) in [7, 11) is -2.91. The Kier molecular flexibility index (Phi) is 6.31. The zero-order valence-corrected chi connectivity index (χ0v) is 13.7. The molecule has 3 nitrogen and oxygen atoms in total. The molecule has 2 N–H and O–H groups in total. The molecule has 0 aromatic rings. The van der Waals surface area contributed by atoms with Crippen molar-refractivity contribution in [3.8, 4) is 0 Å². The van der Waals surface area contributed by atoms with Crippen molar-refractivity contribution in [2.24, 2.45) is 29.4 Å². The standard InChI is InChI=1S/C15H31NO2S/c1-11(2)13-5-6-15(10-16)14(9-13)7-8-19(17,18)12(3)4/h11-15H,5-10,16H2,1-4H3. The highest BCUT2D eigenvalue weighted by Crippen LogP contribution is 2.39. The SMILES string of the molecule is CC(C)C1CCC(CN)C(CCS(=O)(=O)C(C)C)C1. The van der Waals surface area contributed by atoms with Gasteiger partial charge in [0.05, 0.1) is 11.0 Å². The van der Waals surface area contributed by atoms with Gasteiger partial charge in [-0.15, -0.1) is 0 Å². The summed E-state index contributed by atoms with van der Waals surface area (Å²) in [6.07, 6.45) is 4.39. The van der Waals surface area contributed by atoms with E-state index < -0.39 is 9.84 Å². The second kappa shape index (κ2) is 7.07. The van der Waals surface area contributed by atoms with Crippen molar-refractivity contribution >= 4 is 9.84 Å². The molecule has 1 fully saturated rings. The van der Waals surface area contributed by atoms with Crippen LogP contribution in [0.5, 0.6) is 0 Å². The van der Waals surface area contributed by atoms with Crippen LogP contribution in [0.1, 0.15) is 53.4 Å². The average Bonchev–Trinajstić information content (AvgIpc) is 2.35. The maximum Gasteiger partial charge on any atom is 0.152 e. The topological polar surface area (TPSA) is 60.2 Å². The molecule has 1 saturated carbocycles. The zero-order valence-electron chi connectivity index (χ0n) is 12.9. The Hall–Kier alpha value is -0.0900. The number of rotatable bonds is 6. The van der Waals surface area contributed by atoms with Crippen molar-refractivity contribution in [2.75, 3.05) is 12.3 Å². The first-order valence-corrected chi connectivity index (χ1v) is 9.41. The molecule has 0 bridgehead atoms. The van der Waals surface area contributed by atoms with Gasteiger partial charge in [0, 0.05) is 0 Å². The van der Waals surface area contributed by atoms with Crippen LogP contribution < -0.4 is 5.73 Å². The van der Waals surface area contributed by atoms with Crippen LogP contribution in [0.25, 0.3) is 0 Å². The highest BCUT2D eigenvalue weighted by molar-refractivity contribution is 7.91. The fraction of sp³-hybridized carbons (Fsp3) is 1.00. The van der Waals surface area contributed by atoms with Crippen LogP contribution in [0.15, 0.2) is 0 Å². The molecule has 0 aromatic heterocycles. The summed E-state index contributed by atoms with van der Waals surface area (Å²) in [6.45, 7) is 8.79. The van der Waals surface area contributed by atoms with Gasteiger partial charge in [-0.3, -0.25) is 0 Å². The second-order valence-corrected chi connectivity index (χ2v) is 9.45. The minimum atomic E-state index is -2.91. The van der Waals surface area contributed by atoms with Crippen LogP contribution in [0, 0.1) is 23.7 Å². The predicted octanol–water partition coefficient (Wildman–Crippen LogP) is 2.85. The van der Waals surface area contributed by atoms with Gasteiger partial charge in [0.1, 0.15) is 0 Å². The number of hydrogen-bond acceptors (Lipinski definition) is 3.